The quantitative estimate of drug-likeness (QED) is 0.310. The van der Waals surface area contributed by atoms with Gasteiger partial charge in [0.2, 0.25) is 11.8 Å². The van der Waals surface area contributed by atoms with Crippen molar-refractivity contribution in [1.82, 2.24) is 10.2 Å². The standard InChI is InChI=1S/C31H39N3O5S/c1-5-27(31(36)32-22-24(2)3)33(21-20-25-14-8-6-9-15-25)30(35)23-34(28-18-12-13-19-29(28)39-4)40(37,38)26-16-10-7-11-17-26/h6-19,24,27H,5,20-23H2,1-4H3,(H,32,36)/t27-/m1/s1. The number of carbonyl (C=O) groups excluding carboxylic acids is 2. The summed E-state index contributed by atoms with van der Waals surface area (Å²) >= 11 is 0. The maximum absolute atomic E-state index is 14.1. The van der Waals surface area contributed by atoms with Crippen LogP contribution in [0.15, 0.2) is 89.8 Å². The first-order valence-electron chi connectivity index (χ1n) is 13.5. The van der Waals surface area contributed by atoms with Gasteiger partial charge in [-0.25, -0.2) is 8.42 Å². The van der Waals surface area contributed by atoms with Gasteiger partial charge in [-0.05, 0) is 48.6 Å². The largest absolute Gasteiger partial charge is 0.495 e. The number of benzene rings is 3. The Labute approximate surface area is 238 Å². The average molecular weight is 566 g/mol. The van der Waals surface area contributed by atoms with Gasteiger partial charge in [0, 0.05) is 13.1 Å². The van der Waals surface area contributed by atoms with E-state index in [4.69, 9.17) is 4.74 Å². The van der Waals surface area contributed by atoms with Crippen LogP contribution in [-0.4, -0.2) is 57.9 Å². The second kappa shape index (κ2) is 14.5. The van der Waals surface area contributed by atoms with Crippen LogP contribution < -0.4 is 14.4 Å². The van der Waals surface area contributed by atoms with Crippen molar-refractivity contribution in [1.29, 1.82) is 0 Å². The molecule has 1 atom stereocenters. The monoisotopic (exact) mass is 565 g/mol. The molecule has 0 bridgehead atoms. The number of hydrogen-bond donors (Lipinski definition) is 1. The van der Waals surface area contributed by atoms with Gasteiger partial charge in [0.25, 0.3) is 10.0 Å². The average Bonchev–Trinajstić information content (AvgIpc) is 2.97. The molecule has 0 heterocycles. The topological polar surface area (TPSA) is 96.0 Å². The van der Waals surface area contributed by atoms with E-state index in [1.54, 1.807) is 42.5 Å². The Morgan fingerprint density at radius 1 is 0.900 bits per heavy atom. The molecular weight excluding hydrogens is 526 g/mol. The van der Waals surface area contributed by atoms with Crippen molar-refractivity contribution in [2.45, 2.75) is 44.6 Å². The lowest BCUT2D eigenvalue weighted by Gasteiger charge is -2.33. The van der Waals surface area contributed by atoms with Crippen LogP contribution in [0.25, 0.3) is 0 Å². The Kier molecular flexibility index (Phi) is 11.1. The number of rotatable bonds is 14. The molecule has 0 spiro atoms. The Morgan fingerprint density at radius 3 is 2.10 bits per heavy atom. The second-order valence-corrected chi connectivity index (χ2v) is 11.7. The normalized spacial score (nSPS) is 12.0. The molecule has 2 amide bonds. The first-order valence-corrected chi connectivity index (χ1v) is 14.9. The molecule has 214 valence electrons. The first-order chi connectivity index (χ1) is 19.2. The molecule has 0 radical (unpaired) electrons. The molecule has 3 aromatic rings. The SMILES string of the molecule is CC[C@H](C(=O)NCC(C)C)N(CCc1ccccc1)C(=O)CN(c1ccccc1OC)S(=O)(=O)c1ccccc1. The molecule has 3 rings (SSSR count). The van der Waals surface area contributed by atoms with Crippen molar-refractivity contribution in [3.05, 3.63) is 90.5 Å². The van der Waals surface area contributed by atoms with E-state index in [0.717, 1.165) is 9.87 Å². The molecule has 0 aliphatic carbocycles. The minimum Gasteiger partial charge on any atom is -0.495 e. The third kappa shape index (κ3) is 7.85. The van der Waals surface area contributed by atoms with Gasteiger partial charge >= 0.3 is 0 Å². The van der Waals surface area contributed by atoms with Crippen LogP contribution in [0, 0.1) is 5.92 Å². The van der Waals surface area contributed by atoms with Crippen molar-refractivity contribution in [3.63, 3.8) is 0 Å². The highest BCUT2D eigenvalue weighted by atomic mass is 32.2. The summed E-state index contributed by atoms with van der Waals surface area (Å²) in [5.41, 5.74) is 1.25. The molecule has 1 N–H and O–H groups in total. The van der Waals surface area contributed by atoms with Gasteiger partial charge in [0.15, 0.2) is 0 Å². The number of nitrogens with zero attached hydrogens (tertiary/aromatic N) is 2. The van der Waals surface area contributed by atoms with E-state index in [2.05, 4.69) is 5.32 Å². The highest BCUT2D eigenvalue weighted by Crippen LogP contribution is 2.32. The van der Waals surface area contributed by atoms with E-state index < -0.39 is 28.5 Å². The lowest BCUT2D eigenvalue weighted by molar-refractivity contribution is -0.139. The molecule has 9 heteroatoms. The lowest BCUT2D eigenvalue weighted by atomic mass is 10.1. The Hall–Kier alpha value is -3.85. The van der Waals surface area contributed by atoms with Gasteiger partial charge in [0.05, 0.1) is 17.7 Å². The van der Waals surface area contributed by atoms with Gasteiger partial charge in [-0.2, -0.15) is 0 Å². The van der Waals surface area contributed by atoms with Crippen molar-refractivity contribution < 1.29 is 22.7 Å². The molecule has 0 unspecified atom stereocenters. The van der Waals surface area contributed by atoms with Crippen LogP contribution in [0.5, 0.6) is 5.75 Å². The molecule has 0 saturated heterocycles. The number of nitrogens with one attached hydrogen (secondary N) is 1. The summed E-state index contributed by atoms with van der Waals surface area (Å²) in [5, 5.41) is 2.94. The molecule has 0 aliphatic heterocycles. The summed E-state index contributed by atoms with van der Waals surface area (Å²) in [4.78, 5) is 28.9. The smallest absolute Gasteiger partial charge is 0.264 e. The van der Waals surface area contributed by atoms with E-state index in [0.29, 0.717) is 25.1 Å². The van der Waals surface area contributed by atoms with Crippen LogP contribution >= 0.6 is 0 Å². The number of methoxy groups -OCH3 is 1. The van der Waals surface area contributed by atoms with Crippen LogP contribution in [0.2, 0.25) is 0 Å². The summed E-state index contributed by atoms with van der Waals surface area (Å²) in [6, 6.07) is 23.6. The highest BCUT2D eigenvalue weighted by Gasteiger charge is 2.34. The summed E-state index contributed by atoms with van der Waals surface area (Å²) in [6.07, 6.45) is 0.894. The Morgan fingerprint density at radius 2 is 1.50 bits per heavy atom. The molecular formula is C31H39N3O5S. The van der Waals surface area contributed by atoms with Gasteiger partial charge < -0.3 is 15.0 Å². The minimum absolute atomic E-state index is 0.0475. The molecule has 3 aromatic carbocycles. The van der Waals surface area contributed by atoms with Gasteiger partial charge in [-0.1, -0.05) is 81.4 Å². The highest BCUT2D eigenvalue weighted by molar-refractivity contribution is 7.92. The van der Waals surface area contributed by atoms with Crippen molar-refractivity contribution in [2.24, 2.45) is 5.92 Å². The van der Waals surface area contributed by atoms with Crippen molar-refractivity contribution in [2.75, 3.05) is 31.0 Å². The van der Waals surface area contributed by atoms with Crippen LogP contribution in [0.4, 0.5) is 5.69 Å². The van der Waals surface area contributed by atoms with E-state index in [-0.39, 0.29) is 29.0 Å². The molecule has 0 fully saturated rings. The fourth-order valence-electron chi connectivity index (χ4n) is 4.39. The lowest BCUT2D eigenvalue weighted by Crippen LogP contribution is -2.53. The molecule has 0 aliphatic rings. The molecule has 8 nitrogen and oxygen atoms in total. The van der Waals surface area contributed by atoms with Gasteiger partial charge in [0.1, 0.15) is 18.3 Å². The molecule has 0 aromatic heterocycles. The number of carbonyl (C=O) groups is 2. The van der Waals surface area contributed by atoms with Gasteiger partial charge in [-0.3, -0.25) is 13.9 Å². The van der Waals surface area contributed by atoms with E-state index in [1.807, 2.05) is 51.1 Å². The summed E-state index contributed by atoms with van der Waals surface area (Å²) in [5.74, 6) is -0.181. The third-order valence-electron chi connectivity index (χ3n) is 6.52. The Bertz CT molecular complexity index is 1350. The van der Waals surface area contributed by atoms with Gasteiger partial charge in [-0.15, -0.1) is 0 Å². The molecule has 40 heavy (non-hydrogen) atoms. The number of amides is 2. The van der Waals surface area contributed by atoms with Crippen LogP contribution in [-0.2, 0) is 26.0 Å². The fraction of sp³-hybridized carbons (Fsp3) is 0.355. The number of anilines is 1. The summed E-state index contributed by atoms with van der Waals surface area (Å²) in [7, 11) is -2.70. The summed E-state index contributed by atoms with van der Waals surface area (Å²) in [6.45, 7) is 6.08. The maximum Gasteiger partial charge on any atom is 0.264 e. The van der Waals surface area contributed by atoms with Crippen LogP contribution in [0.1, 0.15) is 32.8 Å². The number of ether oxygens (including phenoxy) is 1. The fourth-order valence-corrected chi connectivity index (χ4v) is 5.83. The first kappa shape index (κ1) is 30.7. The van der Waals surface area contributed by atoms with E-state index in [1.165, 1.54) is 24.1 Å². The summed E-state index contributed by atoms with van der Waals surface area (Å²) < 4.78 is 34.4. The number of para-hydroxylation sites is 2. The zero-order valence-electron chi connectivity index (χ0n) is 23.6. The predicted molar refractivity (Wildman–Crippen MR) is 158 cm³/mol. The zero-order valence-corrected chi connectivity index (χ0v) is 24.4. The maximum atomic E-state index is 14.1. The zero-order chi connectivity index (χ0) is 29.1. The number of hydrogen-bond acceptors (Lipinski definition) is 5. The minimum atomic E-state index is -4.15. The van der Waals surface area contributed by atoms with Crippen molar-refractivity contribution >= 4 is 27.5 Å². The third-order valence-corrected chi connectivity index (χ3v) is 8.29. The van der Waals surface area contributed by atoms with Crippen molar-refractivity contribution in [3.8, 4) is 5.75 Å². The number of sulfonamides is 1. The van der Waals surface area contributed by atoms with E-state index in [9.17, 15) is 18.0 Å². The Balaban J connectivity index is 2.02. The van der Waals surface area contributed by atoms with Crippen LogP contribution in [0.3, 0.4) is 0 Å². The van der Waals surface area contributed by atoms with E-state index >= 15 is 0 Å². The second-order valence-electron chi connectivity index (χ2n) is 9.88. The molecule has 0 saturated carbocycles. The predicted octanol–water partition coefficient (Wildman–Crippen LogP) is 4.51.